The van der Waals surface area contributed by atoms with E-state index in [9.17, 15) is 4.79 Å². The molecule has 19 heavy (non-hydrogen) atoms. The van der Waals surface area contributed by atoms with Crippen LogP contribution < -0.4 is 15.4 Å². The van der Waals surface area contributed by atoms with Crippen LogP contribution in [0.1, 0.15) is 24.8 Å². The van der Waals surface area contributed by atoms with Crippen molar-refractivity contribution in [1.29, 1.82) is 0 Å². The van der Waals surface area contributed by atoms with Crippen molar-refractivity contribution in [3.63, 3.8) is 0 Å². The van der Waals surface area contributed by atoms with Gasteiger partial charge in [-0.1, -0.05) is 17.7 Å². The van der Waals surface area contributed by atoms with Gasteiger partial charge >= 0.3 is 0 Å². The van der Waals surface area contributed by atoms with Crippen molar-refractivity contribution in [2.75, 3.05) is 13.7 Å². The van der Waals surface area contributed by atoms with Gasteiger partial charge in [-0.3, -0.25) is 4.79 Å². The molecule has 0 atom stereocenters. The molecule has 0 bridgehead atoms. The van der Waals surface area contributed by atoms with Crippen LogP contribution in [0.3, 0.4) is 0 Å². The van der Waals surface area contributed by atoms with E-state index in [1.165, 1.54) is 0 Å². The van der Waals surface area contributed by atoms with Crippen LogP contribution in [0.15, 0.2) is 18.2 Å². The maximum atomic E-state index is 11.5. The lowest BCUT2D eigenvalue weighted by atomic mass is 10.2. The quantitative estimate of drug-likeness (QED) is 0.805. The van der Waals surface area contributed by atoms with Gasteiger partial charge in [0, 0.05) is 23.2 Å². The van der Waals surface area contributed by atoms with Crippen LogP contribution in [0, 0.1) is 0 Å². The molecule has 4 nitrogen and oxygen atoms in total. The summed E-state index contributed by atoms with van der Waals surface area (Å²) in [5.41, 5.74) is 0.925. The molecular formula is C14H19ClN2O2. The van der Waals surface area contributed by atoms with Gasteiger partial charge in [-0.2, -0.15) is 0 Å². The Kier molecular flexibility index (Phi) is 5.05. The molecule has 1 aliphatic rings. The fourth-order valence-corrected chi connectivity index (χ4v) is 2.04. The molecule has 0 saturated heterocycles. The molecule has 0 radical (unpaired) electrons. The molecule has 0 spiro atoms. The maximum absolute atomic E-state index is 11.5. The van der Waals surface area contributed by atoms with Crippen LogP contribution in [0.5, 0.6) is 5.75 Å². The lowest BCUT2D eigenvalue weighted by Crippen LogP contribution is -2.26. The minimum Gasteiger partial charge on any atom is -0.493 e. The van der Waals surface area contributed by atoms with Crippen molar-refractivity contribution >= 4 is 17.5 Å². The van der Waals surface area contributed by atoms with Gasteiger partial charge in [0.15, 0.2) is 0 Å². The van der Waals surface area contributed by atoms with E-state index in [2.05, 4.69) is 10.6 Å². The van der Waals surface area contributed by atoms with Crippen LogP contribution >= 0.6 is 11.6 Å². The van der Waals surface area contributed by atoms with E-state index in [-0.39, 0.29) is 5.91 Å². The molecule has 2 N–H and O–H groups in total. The van der Waals surface area contributed by atoms with Crippen molar-refractivity contribution in [3.05, 3.63) is 28.8 Å². The van der Waals surface area contributed by atoms with Crippen molar-refractivity contribution in [2.24, 2.45) is 0 Å². The SMILES string of the molecule is CNCc1c(Cl)cccc1OCCC(=O)NC1CC1. The standard InChI is InChI=1S/C14H19ClN2O2/c1-16-9-11-12(15)3-2-4-13(11)19-8-7-14(18)17-10-5-6-10/h2-4,10,16H,5-9H2,1H3,(H,17,18). The lowest BCUT2D eigenvalue weighted by molar-refractivity contribution is -0.121. The van der Waals surface area contributed by atoms with Crippen LogP contribution in [0.4, 0.5) is 0 Å². The number of nitrogens with one attached hydrogen (secondary N) is 2. The molecule has 0 unspecified atom stereocenters. The molecule has 1 aromatic carbocycles. The summed E-state index contributed by atoms with van der Waals surface area (Å²) in [6.07, 6.45) is 2.59. The van der Waals surface area contributed by atoms with Gasteiger partial charge in [-0.05, 0) is 32.0 Å². The number of benzene rings is 1. The van der Waals surface area contributed by atoms with Crippen molar-refractivity contribution < 1.29 is 9.53 Å². The average molecular weight is 283 g/mol. The molecular weight excluding hydrogens is 264 g/mol. The number of carbonyl (C=O) groups is 1. The van der Waals surface area contributed by atoms with Crippen LogP contribution in [-0.4, -0.2) is 25.6 Å². The van der Waals surface area contributed by atoms with Crippen molar-refractivity contribution in [1.82, 2.24) is 10.6 Å². The number of halogens is 1. The van der Waals surface area contributed by atoms with Crippen LogP contribution in [-0.2, 0) is 11.3 Å². The first-order valence-corrected chi connectivity index (χ1v) is 6.92. The van der Waals surface area contributed by atoms with E-state index in [0.717, 1.165) is 24.2 Å². The Morgan fingerprint density at radius 2 is 2.26 bits per heavy atom. The molecule has 1 amide bonds. The molecule has 1 fully saturated rings. The summed E-state index contributed by atoms with van der Waals surface area (Å²) >= 11 is 6.13. The predicted molar refractivity (Wildman–Crippen MR) is 75.5 cm³/mol. The van der Waals surface area contributed by atoms with Gasteiger partial charge in [0.1, 0.15) is 5.75 Å². The van der Waals surface area contributed by atoms with E-state index in [4.69, 9.17) is 16.3 Å². The third-order valence-electron chi connectivity index (χ3n) is 2.96. The molecule has 1 aliphatic carbocycles. The van der Waals surface area contributed by atoms with Gasteiger partial charge < -0.3 is 15.4 Å². The van der Waals surface area contributed by atoms with Gasteiger partial charge in [0.05, 0.1) is 13.0 Å². The van der Waals surface area contributed by atoms with E-state index in [1.54, 1.807) is 0 Å². The predicted octanol–water partition coefficient (Wildman–Crippen LogP) is 2.11. The average Bonchev–Trinajstić information content (AvgIpc) is 3.17. The second kappa shape index (κ2) is 6.78. The minimum atomic E-state index is 0.0553. The Labute approximate surface area is 118 Å². The van der Waals surface area contributed by atoms with Crippen molar-refractivity contribution in [3.8, 4) is 5.75 Å². The highest BCUT2D eigenvalue weighted by atomic mass is 35.5. The molecule has 0 aromatic heterocycles. The van der Waals surface area contributed by atoms with E-state index >= 15 is 0 Å². The summed E-state index contributed by atoms with van der Waals surface area (Å²) in [5, 5.41) is 6.66. The highest BCUT2D eigenvalue weighted by Crippen LogP contribution is 2.26. The highest BCUT2D eigenvalue weighted by Gasteiger charge is 2.22. The van der Waals surface area contributed by atoms with Gasteiger partial charge in [-0.25, -0.2) is 0 Å². The first kappa shape index (κ1) is 14.2. The van der Waals surface area contributed by atoms with Crippen LogP contribution in [0.2, 0.25) is 5.02 Å². The fourth-order valence-electron chi connectivity index (χ4n) is 1.80. The molecule has 0 heterocycles. The number of hydrogen-bond donors (Lipinski definition) is 2. The van der Waals surface area contributed by atoms with Gasteiger partial charge in [0.2, 0.25) is 5.91 Å². The van der Waals surface area contributed by atoms with Crippen molar-refractivity contribution in [2.45, 2.75) is 31.8 Å². The Morgan fingerprint density at radius 1 is 1.47 bits per heavy atom. The summed E-state index contributed by atoms with van der Waals surface area (Å²) in [6, 6.07) is 5.96. The Hall–Kier alpha value is -1.26. The largest absolute Gasteiger partial charge is 0.493 e. The zero-order chi connectivity index (χ0) is 13.7. The highest BCUT2D eigenvalue weighted by molar-refractivity contribution is 6.31. The summed E-state index contributed by atoms with van der Waals surface area (Å²) in [7, 11) is 1.86. The summed E-state index contributed by atoms with van der Waals surface area (Å²) in [4.78, 5) is 11.5. The molecule has 104 valence electrons. The smallest absolute Gasteiger partial charge is 0.223 e. The van der Waals surface area contributed by atoms with Gasteiger partial charge in [0.25, 0.3) is 0 Å². The molecule has 5 heteroatoms. The first-order valence-electron chi connectivity index (χ1n) is 6.55. The zero-order valence-electron chi connectivity index (χ0n) is 11.0. The zero-order valence-corrected chi connectivity index (χ0v) is 11.8. The van der Waals surface area contributed by atoms with E-state index < -0.39 is 0 Å². The molecule has 1 saturated carbocycles. The molecule has 1 aromatic rings. The molecule has 0 aliphatic heterocycles. The number of hydrogen-bond acceptors (Lipinski definition) is 3. The summed E-state index contributed by atoms with van der Waals surface area (Å²) in [6.45, 7) is 1.01. The number of ether oxygens (including phenoxy) is 1. The lowest BCUT2D eigenvalue weighted by Gasteiger charge is -2.12. The Balaban J connectivity index is 1.84. The third kappa shape index (κ3) is 4.40. The van der Waals surface area contributed by atoms with E-state index in [1.807, 2.05) is 25.2 Å². The van der Waals surface area contributed by atoms with Gasteiger partial charge in [-0.15, -0.1) is 0 Å². The number of amides is 1. The topological polar surface area (TPSA) is 50.4 Å². The fraction of sp³-hybridized carbons (Fsp3) is 0.500. The summed E-state index contributed by atoms with van der Waals surface area (Å²) in [5.74, 6) is 0.792. The number of rotatable bonds is 7. The Morgan fingerprint density at radius 3 is 2.95 bits per heavy atom. The second-order valence-corrected chi connectivity index (χ2v) is 5.09. The van der Waals surface area contributed by atoms with Crippen LogP contribution in [0.25, 0.3) is 0 Å². The maximum Gasteiger partial charge on any atom is 0.223 e. The monoisotopic (exact) mass is 282 g/mol. The first-order chi connectivity index (χ1) is 9.20. The Bertz CT molecular complexity index is 447. The van der Waals surface area contributed by atoms with E-state index in [0.29, 0.717) is 30.6 Å². The second-order valence-electron chi connectivity index (χ2n) is 4.69. The summed E-state index contributed by atoms with van der Waals surface area (Å²) < 4.78 is 5.66. The number of carbonyl (C=O) groups excluding carboxylic acids is 1. The minimum absolute atomic E-state index is 0.0553. The third-order valence-corrected chi connectivity index (χ3v) is 3.31. The normalized spacial score (nSPS) is 14.2. The molecule has 2 rings (SSSR count).